The highest BCUT2D eigenvalue weighted by Gasteiger charge is 2.37. The number of rotatable bonds is 8. The molecule has 4 nitrogen and oxygen atoms in total. The van der Waals surface area contributed by atoms with Gasteiger partial charge < -0.3 is 9.80 Å². The zero-order valence-corrected chi connectivity index (χ0v) is 37.1. The van der Waals surface area contributed by atoms with Crippen LogP contribution in [0.5, 0.6) is 0 Å². The number of fused-ring (bicyclic) bond motifs is 6. The molecule has 2 aliphatic carbocycles. The molecule has 0 spiro atoms. The van der Waals surface area contributed by atoms with E-state index in [1.54, 1.807) is 0 Å². The zero-order valence-electron chi connectivity index (χ0n) is 37.1. The molecular formula is C60H48N4. The van der Waals surface area contributed by atoms with Gasteiger partial charge >= 0.3 is 0 Å². The second-order valence-electron chi connectivity index (χ2n) is 18.3. The molecule has 0 saturated heterocycles. The van der Waals surface area contributed by atoms with E-state index in [1.807, 2.05) is 12.1 Å². The molecule has 8 aromatic carbocycles. The van der Waals surface area contributed by atoms with E-state index in [9.17, 15) is 10.5 Å². The quantitative estimate of drug-likeness (QED) is 0.143. The molecule has 10 rings (SSSR count). The van der Waals surface area contributed by atoms with Crippen LogP contribution in [0.15, 0.2) is 170 Å². The van der Waals surface area contributed by atoms with E-state index in [0.29, 0.717) is 11.1 Å². The molecule has 0 amide bonds. The van der Waals surface area contributed by atoms with Crippen molar-refractivity contribution in [1.29, 1.82) is 10.5 Å². The molecule has 0 unspecified atom stereocenters. The van der Waals surface area contributed by atoms with E-state index in [0.717, 1.165) is 45.3 Å². The van der Waals surface area contributed by atoms with Crippen LogP contribution >= 0.6 is 0 Å². The topological polar surface area (TPSA) is 54.1 Å². The Kier molecular flexibility index (Phi) is 9.70. The number of aryl methyl sites for hydroxylation is 2. The van der Waals surface area contributed by atoms with Crippen molar-refractivity contribution in [2.45, 2.75) is 52.4 Å². The predicted molar refractivity (Wildman–Crippen MR) is 265 cm³/mol. The molecule has 8 aromatic rings. The van der Waals surface area contributed by atoms with Crippen molar-refractivity contribution in [2.24, 2.45) is 0 Å². The van der Waals surface area contributed by atoms with E-state index in [2.05, 4.69) is 233 Å². The molecule has 2 aliphatic rings. The molecule has 0 radical (unpaired) electrons. The summed E-state index contributed by atoms with van der Waals surface area (Å²) in [7, 11) is 0. The molecule has 0 bridgehead atoms. The van der Waals surface area contributed by atoms with E-state index >= 15 is 0 Å². The van der Waals surface area contributed by atoms with Gasteiger partial charge in [-0.2, -0.15) is 10.5 Å². The normalized spacial score (nSPS) is 13.6. The number of anilines is 6. The van der Waals surface area contributed by atoms with Crippen LogP contribution in [0.2, 0.25) is 0 Å². The summed E-state index contributed by atoms with van der Waals surface area (Å²) in [5, 5.41) is 19.3. The van der Waals surface area contributed by atoms with Gasteiger partial charge in [-0.25, -0.2) is 0 Å². The maximum absolute atomic E-state index is 9.66. The number of hydrogen-bond donors (Lipinski definition) is 0. The Morgan fingerprint density at radius 1 is 0.359 bits per heavy atom. The number of benzene rings is 8. The first-order chi connectivity index (χ1) is 30.9. The molecule has 0 atom stereocenters. The van der Waals surface area contributed by atoms with Gasteiger partial charge in [0.05, 0.1) is 23.3 Å². The number of nitriles is 2. The van der Waals surface area contributed by atoms with E-state index in [-0.39, 0.29) is 10.8 Å². The fourth-order valence-electron chi connectivity index (χ4n) is 9.81. The molecule has 0 aromatic heterocycles. The smallest absolute Gasteiger partial charge is 0.0991 e. The molecular weight excluding hydrogens is 777 g/mol. The average Bonchev–Trinajstić information content (AvgIpc) is 3.68. The highest BCUT2D eigenvalue weighted by molar-refractivity contribution is 5.88. The van der Waals surface area contributed by atoms with Crippen LogP contribution in [0.1, 0.15) is 83.3 Å². The lowest BCUT2D eigenvalue weighted by atomic mass is 9.82. The van der Waals surface area contributed by atoms with Gasteiger partial charge in [-0.1, -0.05) is 124 Å². The second kappa shape index (κ2) is 15.5. The first kappa shape index (κ1) is 40.2. The summed E-state index contributed by atoms with van der Waals surface area (Å²) < 4.78 is 0. The molecule has 0 saturated carbocycles. The van der Waals surface area contributed by atoms with Crippen LogP contribution in [0, 0.1) is 36.5 Å². The first-order valence-corrected chi connectivity index (χ1v) is 21.9. The van der Waals surface area contributed by atoms with Crippen LogP contribution in [-0.2, 0) is 10.8 Å². The Morgan fingerprint density at radius 2 is 0.641 bits per heavy atom. The first-order valence-electron chi connectivity index (χ1n) is 21.9. The zero-order chi connectivity index (χ0) is 44.3. The molecule has 0 heterocycles. The Hall–Kier alpha value is -7.92. The van der Waals surface area contributed by atoms with Gasteiger partial charge in [0.25, 0.3) is 0 Å². The van der Waals surface area contributed by atoms with Crippen molar-refractivity contribution in [3.8, 4) is 34.4 Å². The van der Waals surface area contributed by atoms with Crippen molar-refractivity contribution in [3.05, 3.63) is 225 Å². The van der Waals surface area contributed by atoms with Crippen LogP contribution in [0.4, 0.5) is 34.1 Å². The monoisotopic (exact) mass is 824 g/mol. The standard InChI is InChI=1S/C60H48N4/c1-39-7-19-45(20-8-39)63(49-27-31-53-51-29-17-43(37-61)33-55(51)59(3,4)57(53)35-49)47-23-13-41(14-24-47)11-12-42-15-25-48(26-16-42)64(46-21-9-40(2)10-22-46)50-28-32-54-52-30-18-44(38-62)34-56(52)60(5,6)58(54)36-50/h7-36H,1-6H3/b12-11+. The summed E-state index contributed by atoms with van der Waals surface area (Å²) in [5.41, 5.74) is 21.9. The summed E-state index contributed by atoms with van der Waals surface area (Å²) in [6.45, 7) is 13.3. The Balaban J connectivity index is 0.934. The summed E-state index contributed by atoms with van der Waals surface area (Å²) in [6, 6.07) is 65.4. The van der Waals surface area contributed by atoms with Crippen molar-refractivity contribution in [1.82, 2.24) is 0 Å². The van der Waals surface area contributed by atoms with Gasteiger partial charge in [-0.05, 0) is 167 Å². The van der Waals surface area contributed by atoms with Crippen LogP contribution < -0.4 is 9.80 Å². The molecule has 0 aliphatic heterocycles. The highest BCUT2D eigenvalue weighted by Crippen LogP contribution is 2.52. The highest BCUT2D eigenvalue weighted by atomic mass is 15.1. The SMILES string of the molecule is Cc1ccc(N(c2ccc(/C=C/c3ccc(N(c4ccc(C)cc4)c4ccc5c(c4)C(C)(C)c4cc(C#N)ccc4-5)cc3)cc2)c2ccc3c(c2)C(C)(C)c2cc(C#N)ccc2-3)cc1. The van der Waals surface area contributed by atoms with Crippen LogP contribution in [0.3, 0.4) is 0 Å². The van der Waals surface area contributed by atoms with Crippen LogP contribution in [0.25, 0.3) is 34.4 Å². The largest absolute Gasteiger partial charge is 0.310 e. The van der Waals surface area contributed by atoms with Crippen molar-refractivity contribution in [3.63, 3.8) is 0 Å². The maximum atomic E-state index is 9.66. The minimum Gasteiger partial charge on any atom is -0.310 e. The lowest BCUT2D eigenvalue weighted by Crippen LogP contribution is -2.16. The summed E-state index contributed by atoms with van der Waals surface area (Å²) in [6.07, 6.45) is 4.35. The third-order valence-corrected chi connectivity index (χ3v) is 13.4. The maximum Gasteiger partial charge on any atom is 0.0991 e. The third kappa shape index (κ3) is 6.86. The van der Waals surface area contributed by atoms with Crippen molar-refractivity contribution < 1.29 is 0 Å². The Morgan fingerprint density at radius 3 is 0.969 bits per heavy atom. The van der Waals surface area contributed by atoms with Gasteiger partial charge in [0, 0.05) is 45.0 Å². The Labute approximate surface area is 377 Å². The Bertz CT molecular complexity index is 3010. The minimum absolute atomic E-state index is 0.241. The second-order valence-corrected chi connectivity index (χ2v) is 18.3. The van der Waals surface area contributed by atoms with Gasteiger partial charge in [0.1, 0.15) is 0 Å². The van der Waals surface area contributed by atoms with Crippen molar-refractivity contribution >= 4 is 46.3 Å². The van der Waals surface area contributed by atoms with Gasteiger partial charge in [-0.15, -0.1) is 0 Å². The number of hydrogen-bond acceptors (Lipinski definition) is 4. The molecule has 0 fully saturated rings. The lowest BCUT2D eigenvalue weighted by Gasteiger charge is -2.28. The predicted octanol–water partition coefficient (Wildman–Crippen LogP) is 15.8. The minimum atomic E-state index is -0.241. The number of nitrogens with zero attached hydrogens (tertiary/aromatic N) is 4. The van der Waals surface area contributed by atoms with E-state index in [4.69, 9.17) is 0 Å². The van der Waals surface area contributed by atoms with E-state index in [1.165, 1.54) is 55.6 Å². The van der Waals surface area contributed by atoms with Crippen LogP contribution in [-0.4, -0.2) is 0 Å². The molecule has 0 N–H and O–H groups in total. The van der Waals surface area contributed by atoms with Gasteiger partial charge in [0.15, 0.2) is 0 Å². The fraction of sp³-hybridized carbons (Fsp3) is 0.133. The summed E-state index contributed by atoms with van der Waals surface area (Å²) in [4.78, 5) is 4.66. The van der Waals surface area contributed by atoms with Crippen molar-refractivity contribution in [2.75, 3.05) is 9.80 Å². The average molecular weight is 825 g/mol. The molecule has 308 valence electrons. The summed E-state index contributed by atoms with van der Waals surface area (Å²) >= 11 is 0. The summed E-state index contributed by atoms with van der Waals surface area (Å²) in [5.74, 6) is 0. The van der Waals surface area contributed by atoms with Gasteiger partial charge in [0.2, 0.25) is 0 Å². The fourth-order valence-corrected chi connectivity index (χ4v) is 9.81. The van der Waals surface area contributed by atoms with E-state index < -0.39 is 0 Å². The molecule has 4 heteroatoms. The van der Waals surface area contributed by atoms with Gasteiger partial charge in [-0.3, -0.25) is 0 Å². The molecule has 64 heavy (non-hydrogen) atoms. The third-order valence-electron chi connectivity index (χ3n) is 13.4. The lowest BCUT2D eigenvalue weighted by molar-refractivity contribution is 0.660.